The lowest BCUT2D eigenvalue weighted by Gasteiger charge is -2.38. The molecule has 0 aliphatic carbocycles. The fourth-order valence-electron chi connectivity index (χ4n) is 2.98. The van der Waals surface area contributed by atoms with Gasteiger partial charge in [-0.15, -0.1) is 0 Å². The van der Waals surface area contributed by atoms with Crippen molar-refractivity contribution in [1.29, 1.82) is 0 Å². The number of hydrogen-bond donors (Lipinski definition) is 2. The van der Waals surface area contributed by atoms with Crippen molar-refractivity contribution in [1.82, 2.24) is 15.5 Å². The van der Waals surface area contributed by atoms with Gasteiger partial charge in [-0.3, -0.25) is 9.59 Å². The maximum Gasteiger partial charge on any atom is 0.242 e. The average Bonchev–Trinajstić information content (AvgIpc) is 2.37. The van der Waals surface area contributed by atoms with E-state index in [1.54, 1.807) is 4.90 Å². The highest BCUT2D eigenvalue weighted by atomic mass is 16.2. The zero-order valence-electron chi connectivity index (χ0n) is 11.2. The van der Waals surface area contributed by atoms with Crippen LogP contribution in [0.3, 0.4) is 0 Å². The Balaban J connectivity index is 2.04. The van der Waals surface area contributed by atoms with Gasteiger partial charge >= 0.3 is 0 Å². The van der Waals surface area contributed by atoms with Gasteiger partial charge in [-0.05, 0) is 32.7 Å². The van der Waals surface area contributed by atoms with Crippen LogP contribution in [0, 0.1) is 5.92 Å². The average molecular weight is 253 g/mol. The van der Waals surface area contributed by atoms with E-state index in [4.69, 9.17) is 0 Å². The minimum atomic E-state index is -0.267. The van der Waals surface area contributed by atoms with Crippen molar-refractivity contribution < 1.29 is 9.59 Å². The Morgan fingerprint density at radius 1 is 1.44 bits per heavy atom. The molecule has 3 atom stereocenters. The Bertz CT molecular complexity index is 332. The predicted molar refractivity (Wildman–Crippen MR) is 69.0 cm³/mol. The van der Waals surface area contributed by atoms with E-state index in [-0.39, 0.29) is 23.8 Å². The molecule has 5 heteroatoms. The summed E-state index contributed by atoms with van der Waals surface area (Å²) >= 11 is 0. The van der Waals surface area contributed by atoms with Crippen molar-refractivity contribution in [3.05, 3.63) is 0 Å². The molecule has 0 spiro atoms. The molecule has 2 fully saturated rings. The smallest absolute Gasteiger partial charge is 0.242 e. The Morgan fingerprint density at radius 3 is 2.89 bits per heavy atom. The Hall–Kier alpha value is -1.10. The number of piperazine rings is 1. The van der Waals surface area contributed by atoms with Crippen molar-refractivity contribution in [2.45, 2.75) is 45.2 Å². The van der Waals surface area contributed by atoms with Crippen LogP contribution >= 0.6 is 0 Å². The monoisotopic (exact) mass is 253 g/mol. The summed E-state index contributed by atoms with van der Waals surface area (Å²) in [4.78, 5) is 26.1. The summed E-state index contributed by atoms with van der Waals surface area (Å²) in [5.74, 6) is 0.255. The lowest BCUT2D eigenvalue weighted by atomic mass is 9.91. The highest BCUT2D eigenvalue weighted by molar-refractivity contribution is 5.89. The van der Waals surface area contributed by atoms with E-state index in [0.717, 1.165) is 19.4 Å². The number of amides is 2. The number of carbonyl (C=O) groups excluding carboxylic acids is 2. The van der Waals surface area contributed by atoms with Gasteiger partial charge in [-0.2, -0.15) is 0 Å². The zero-order valence-corrected chi connectivity index (χ0v) is 11.2. The fraction of sp³-hybridized carbons (Fsp3) is 0.846. The normalized spacial score (nSPS) is 33.1. The molecule has 2 heterocycles. The molecule has 3 unspecified atom stereocenters. The number of hydrogen-bond acceptors (Lipinski definition) is 3. The first-order chi connectivity index (χ1) is 8.63. The van der Waals surface area contributed by atoms with Crippen LogP contribution in [0.1, 0.15) is 33.1 Å². The van der Waals surface area contributed by atoms with Gasteiger partial charge in [0.25, 0.3) is 0 Å². The zero-order chi connectivity index (χ0) is 13.1. The second-order valence-electron chi connectivity index (χ2n) is 5.32. The summed E-state index contributed by atoms with van der Waals surface area (Å²) < 4.78 is 0. The second-order valence-corrected chi connectivity index (χ2v) is 5.32. The van der Waals surface area contributed by atoms with Gasteiger partial charge in [0, 0.05) is 25.0 Å². The van der Waals surface area contributed by atoms with Crippen molar-refractivity contribution in [3.63, 3.8) is 0 Å². The SMILES string of the molecule is CCC1C(=O)NCCN1C(=O)C1CCNC(C)C1. The van der Waals surface area contributed by atoms with Gasteiger partial charge in [0.15, 0.2) is 0 Å². The van der Waals surface area contributed by atoms with Crippen LogP contribution in [0.4, 0.5) is 0 Å². The Labute approximate surface area is 108 Å². The molecule has 102 valence electrons. The molecule has 2 amide bonds. The van der Waals surface area contributed by atoms with E-state index < -0.39 is 0 Å². The molecule has 2 saturated heterocycles. The van der Waals surface area contributed by atoms with Gasteiger partial charge in [0.2, 0.25) is 11.8 Å². The molecular weight excluding hydrogens is 230 g/mol. The van der Waals surface area contributed by atoms with Gasteiger partial charge in [0.05, 0.1) is 0 Å². The lowest BCUT2D eigenvalue weighted by Crippen LogP contribution is -2.58. The van der Waals surface area contributed by atoms with Crippen LogP contribution in [-0.4, -0.2) is 48.4 Å². The minimum absolute atomic E-state index is 0.000849. The third-order valence-electron chi connectivity index (χ3n) is 3.97. The highest BCUT2D eigenvalue weighted by Gasteiger charge is 2.36. The number of rotatable bonds is 2. The third kappa shape index (κ3) is 2.66. The summed E-state index contributed by atoms with van der Waals surface area (Å²) in [5, 5.41) is 6.19. The first-order valence-corrected chi connectivity index (χ1v) is 6.95. The predicted octanol–water partition coefficient (Wildman–Crippen LogP) is 0.112. The largest absolute Gasteiger partial charge is 0.353 e. The molecular formula is C13H23N3O2. The molecule has 0 radical (unpaired) electrons. The van der Waals surface area contributed by atoms with Crippen molar-refractivity contribution in [3.8, 4) is 0 Å². The maximum atomic E-state index is 12.5. The summed E-state index contributed by atoms with van der Waals surface area (Å²) in [5.41, 5.74) is 0. The first-order valence-electron chi connectivity index (χ1n) is 6.95. The van der Waals surface area contributed by atoms with Gasteiger partial charge in [-0.1, -0.05) is 6.92 Å². The van der Waals surface area contributed by atoms with Crippen LogP contribution in [0.15, 0.2) is 0 Å². The van der Waals surface area contributed by atoms with E-state index in [9.17, 15) is 9.59 Å². The molecule has 0 bridgehead atoms. The van der Waals surface area contributed by atoms with E-state index >= 15 is 0 Å². The van der Waals surface area contributed by atoms with Gasteiger partial charge < -0.3 is 15.5 Å². The molecule has 0 aromatic rings. The molecule has 2 aliphatic heterocycles. The van der Waals surface area contributed by atoms with Crippen LogP contribution in [0.5, 0.6) is 0 Å². The molecule has 0 saturated carbocycles. The van der Waals surface area contributed by atoms with Crippen LogP contribution in [0.2, 0.25) is 0 Å². The standard InChI is InChI=1S/C13H23N3O2/c1-3-11-12(17)15-6-7-16(11)13(18)10-4-5-14-9(2)8-10/h9-11,14H,3-8H2,1-2H3,(H,15,17). The fourth-order valence-corrected chi connectivity index (χ4v) is 2.98. The quantitative estimate of drug-likeness (QED) is 0.734. The Morgan fingerprint density at radius 2 is 2.22 bits per heavy atom. The second kappa shape index (κ2) is 5.69. The van der Waals surface area contributed by atoms with E-state index in [1.165, 1.54) is 0 Å². The number of piperidine rings is 1. The number of nitrogens with one attached hydrogen (secondary N) is 2. The van der Waals surface area contributed by atoms with Crippen molar-refractivity contribution >= 4 is 11.8 Å². The third-order valence-corrected chi connectivity index (χ3v) is 3.97. The summed E-state index contributed by atoms with van der Waals surface area (Å²) in [6, 6.07) is 0.128. The van der Waals surface area contributed by atoms with Crippen LogP contribution < -0.4 is 10.6 Å². The van der Waals surface area contributed by atoms with E-state index in [0.29, 0.717) is 25.6 Å². The maximum absolute atomic E-state index is 12.5. The van der Waals surface area contributed by atoms with Crippen molar-refractivity contribution in [2.24, 2.45) is 5.92 Å². The van der Waals surface area contributed by atoms with Crippen molar-refractivity contribution in [2.75, 3.05) is 19.6 Å². The summed E-state index contributed by atoms with van der Waals surface area (Å²) in [6.07, 6.45) is 2.46. The topological polar surface area (TPSA) is 61.4 Å². The van der Waals surface area contributed by atoms with E-state index in [2.05, 4.69) is 17.6 Å². The van der Waals surface area contributed by atoms with Crippen LogP contribution in [-0.2, 0) is 9.59 Å². The van der Waals surface area contributed by atoms with Gasteiger partial charge in [-0.25, -0.2) is 0 Å². The highest BCUT2D eigenvalue weighted by Crippen LogP contribution is 2.21. The summed E-state index contributed by atoms with van der Waals surface area (Å²) in [6.45, 7) is 6.21. The summed E-state index contributed by atoms with van der Waals surface area (Å²) in [7, 11) is 0. The molecule has 0 aromatic heterocycles. The molecule has 2 aliphatic rings. The first kappa shape index (κ1) is 13.3. The molecule has 2 N–H and O–H groups in total. The van der Waals surface area contributed by atoms with Gasteiger partial charge in [0.1, 0.15) is 6.04 Å². The number of carbonyl (C=O) groups is 2. The molecule has 2 rings (SSSR count). The molecule has 18 heavy (non-hydrogen) atoms. The Kier molecular flexibility index (Phi) is 4.22. The molecule has 5 nitrogen and oxygen atoms in total. The van der Waals surface area contributed by atoms with E-state index in [1.807, 2.05) is 6.92 Å². The minimum Gasteiger partial charge on any atom is -0.353 e. The lowest BCUT2D eigenvalue weighted by molar-refractivity contribution is -0.147. The van der Waals surface area contributed by atoms with Crippen LogP contribution in [0.25, 0.3) is 0 Å². The molecule has 0 aromatic carbocycles. The number of nitrogens with zero attached hydrogens (tertiary/aromatic N) is 1.